The van der Waals surface area contributed by atoms with Crippen molar-refractivity contribution in [3.05, 3.63) is 0 Å². The molecule has 0 saturated heterocycles. The second-order valence-electron chi connectivity index (χ2n) is 3.48. The SMILES string of the molecule is CCC(NC(C)=O)C(=O)N[C@H](C)CC. The minimum Gasteiger partial charge on any atom is -0.352 e. The zero-order chi connectivity index (χ0) is 11.1. The van der Waals surface area contributed by atoms with Crippen LogP contribution in [0.1, 0.15) is 40.5 Å². The molecule has 0 spiro atoms. The van der Waals surface area contributed by atoms with Crippen molar-refractivity contribution >= 4 is 11.8 Å². The summed E-state index contributed by atoms with van der Waals surface area (Å²) >= 11 is 0. The fourth-order valence-corrected chi connectivity index (χ4v) is 1.04. The van der Waals surface area contributed by atoms with Crippen LogP contribution in [0.25, 0.3) is 0 Å². The summed E-state index contributed by atoms with van der Waals surface area (Å²) in [7, 11) is 0. The van der Waals surface area contributed by atoms with Gasteiger partial charge < -0.3 is 10.6 Å². The quantitative estimate of drug-likeness (QED) is 0.690. The van der Waals surface area contributed by atoms with Gasteiger partial charge in [0, 0.05) is 13.0 Å². The van der Waals surface area contributed by atoms with E-state index >= 15 is 0 Å². The Kier molecular flexibility index (Phi) is 5.92. The van der Waals surface area contributed by atoms with Crippen LogP contribution in [0.15, 0.2) is 0 Å². The number of carbonyl (C=O) groups excluding carboxylic acids is 2. The molecule has 2 amide bonds. The van der Waals surface area contributed by atoms with E-state index in [1.807, 2.05) is 20.8 Å². The van der Waals surface area contributed by atoms with Gasteiger partial charge in [0.05, 0.1) is 0 Å². The number of rotatable bonds is 5. The van der Waals surface area contributed by atoms with Gasteiger partial charge in [0.25, 0.3) is 0 Å². The smallest absolute Gasteiger partial charge is 0.242 e. The highest BCUT2D eigenvalue weighted by Gasteiger charge is 2.17. The highest BCUT2D eigenvalue weighted by Crippen LogP contribution is 1.94. The molecule has 4 heteroatoms. The third-order valence-corrected chi connectivity index (χ3v) is 2.10. The zero-order valence-electron chi connectivity index (χ0n) is 9.39. The zero-order valence-corrected chi connectivity index (χ0v) is 9.39. The fourth-order valence-electron chi connectivity index (χ4n) is 1.04. The molecule has 4 nitrogen and oxygen atoms in total. The number of hydrogen-bond donors (Lipinski definition) is 2. The van der Waals surface area contributed by atoms with Crippen LogP contribution in [0, 0.1) is 0 Å². The minimum atomic E-state index is -0.401. The van der Waals surface area contributed by atoms with Gasteiger partial charge in [0.1, 0.15) is 6.04 Å². The molecular formula is C10H20N2O2. The lowest BCUT2D eigenvalue weighted by molar-refractivity contribution is -0.128. The molecular weight excluding hydrogens is 180 g/mol. The molecule has 0 saturated carbocycles. The van der Waals surface area contributed by atoms with E-state index in [2.05, 4.69) is 10.6 Å². The number of nitrogens with one attached hydrogen (secondary N) is 2. The normalized spacial score (nSPS) is 14.3. The first-order valence-corrected chi connectivity index (χ1v) is 5.08. The second-order valence-corrected chi connectivity index (χ2v) is 3.48. The third kappa shape index (κ3) is 4.84. The number of carbonyl (C=O) groups is 2. The van der Waals surface area contributed by atoms with Crippen LogP contribution in [0.3, 0.4) is 0 Å². The Morgan fingerprint density at radius 2 is 1.71 bits per heavy atom. The van der Waals surface area contributed by atoms with E-state index < -0.39 is 6.04 Å². The van der Waals surface area contributed by atoms with E-state index in [1.54, 1.807) is 0 Å². The maximum Gasteiger partial charge on any atom is 0.242 e. The van der Waals surface area contributed by atoms with E-state index in [9.17, 15) is 9.59 Å². The monoisotopic (exact) mass is 200 g/mol. The fraction of sp³-hybridized carbons (Fsp3) is 0.800. The summed E-state index contributed by atoms with van der Waals surface area (Å²) < 4.78 is 0. The Balaban J connectivity index is 4.10. The summed E-state index contributed by atoms with van der Waals surface area (Å²) in [6.45, 7) is 7.23. The molecule has 0 aliphatic rings. The highest BCUT2D eigenvalue weighted by atomic mass is 16.2. The molecule has 0 fully saturated rings. The van der Waals surface area contributed by atoms with Gasteiger partial charge in [-0.25, -0.2) is 0 Å². The number of hydrogen-bond acceptors (Lipinski definition) is 2. The first-order chi connectivity index (χ1) is 6.51. The summed E-state index contributed by atoms with van der Waals surface area (Å²) in [6.07, 6.45) is 1.50. The molecule has 0 aliphatic heterocycles. The van der Waals surface area contributed by atoms with Gasteiger partial charge in [-0.15, -0.1) is 0 Å². The van der Waals surface area contributed by atoms with Crippen LogP contribution in [0.5, 0.6) is 0 Å². The lowest BCUT2D eigenvalue weighted by Crippen LogP contribution is -2.48. The van der Waals surface area contributed by atoms with E-state index in [4.69, 9.17) is 0 Å². The Morgan fingerprint density at radius 1 is 1.14 bits per heavy atom. The summed E-state index contributed by atoms with van der Waals surface area (Å²) in [5, 5.41) is 5.44. The molecule has 2 N–H and O–H groups in total. The van der Waals surface area contributed by atoms with Gasteiger partial charge in [0.2, 0.25) is 11.8 Å². The lowest BCUT2D eigenvalue weighted by atomic mass is 10.2. The van der Waals surface area contributed by atoms with Crippen molar-refractivity contribution in [2.45, 2.75) is 52.6 Å². The molecule has 0 aromatic heterocycles. The van der Waals surface area contributed by atoms with Crippen molar-refractivity contribution in [3.8, 4) is 0 Å². The summed E-state index contributed by atoms with van der Waals surface area (Å²) in [5.74, 6) is -0.270. The van der Waals surface area contributed by atoms with Gasteiger partial charge in [-0.05, 0) is 19.8 Å². The molecule has 0 radical (unpaired) electrons. The average Bonchev–Trinajstić information content (AvgIpc) is 2.13. The van der Waals surface area contributed by atoms with Gasteiger partial charge in [0.15, 0.2) is 0 Å². The molecule has 0 bridgehead atoms. The van der Waals surface area contributed by atoms with Crippen molar-refractivity contribution in [1.82, 2.24) is 10.6 Å². The van der Waals surface area contributed by atoms with Crippen LogP contribution in [-0.2, 0) is 9.59 Å². The molecule has 0 rings (SSSR count). The largest absolute Gasteiger partial charge is 0.352 e. The first-order valence-electron chi connectivity index (χ1n) is 5.08. The molecule has 14 heavy (non-hydrogen) atoms. The van der Waals surface area contributed by atoms with Gasteiger partial charge in [-0.3, -0.25) is 9.59 Å². The van der Waals surface area contributed by atoms with Crippen LogP contribution in [0.4, 0.5) is 0 Å². The van der Waals surface area contributed by atoms with Crippen LogP contribution in [0.2, 0.25) is 0 Å². The Bertz CT molecular complexity index is 204. The molecule has 0 heterocycles. The molecule has 0 aromatic carbocycles. The van der Waals surface area contributed by atoms with E-state index in [0.717, 1.165) is 6.42 Å². The lowest BCUT2D eigenvalue weighted by Gasteiger charge is -2.18. The van der Waals surface area contributed by atoms with E-state index in [1.165, 1.54) is 6.92 Å². The van der Waals surface area contributed by atoms with Crippen molar-refractivity contribution < 1.29 is 9.59 Å². The van der Waals surface area contributed by atoms with Crippen LogP contribution < -0.4 is 10.6 Å². The predicted molar refractivity (Wildman–Crippen MR) is 55.8 cm³/mol. The van der Waals surface area contributed by atoms with Crippen molar-refractivity contribution in [2.75, 3.05) is 0 Å². The van der Waals surface area contributed by atoms with Crippen molar-refractivity contribution in [1.29, 1.82) is 0 Å². The summed E-state index contributed by atoms with van der Waals surface area (Å²) in [5.41, 5.74) is 0. The van der Waals surface area contributed by atoms with Gasteiger partial charge >= 0.3 is 0 Å². The van der Waals surface area contributed by atoms with Gasteiger partial charge in [-0.1, -0.05) is 13.8 Å². The van der Waals surface area contributed by atoms with E-state index in [0.29, 0.717) is 6.42 Å². The summed E-state index contributed by atoms with van der Waals surface area (Å²) in [6, 6.07) is -0.244. The predicted octanol–water partition coefficient (Wildman–Crippen LogP) is 0.816. The Morgan fingerprint density at radius 3 is 2.07 bits per heavy atom. The van der Waals surface area contributed by atoms with Crippen LogP contribution >= 0.6 is 0 Å². The van der Waals surface area contributed by atoms with E-state index in [-0.39, 0.29) is 17.9 Å². The maximum absolute atomic E-state index is 11.6. The number of amides is 2. The standard InChI is InChI=1S/C10H20N2O2/c1-5-7(3)11-10(14)9(6-2)12-8(4)13/h7,9H,5-6H2,1-4H3,(H,11,14)(H,12,13)/t7-,9?/m1/s1. The van der Waals surface area contributed by atoms with Crippen LogP contribution in [-0.4, -0.2) is 23.9 Å². The topological polar surface area (TPSA) is 58.2 Å². The van der Waals surface area contributed by atoms with Gasteiger partial charge in [-0.2, -0.15) is 0 Å². The molecule has 0 aliphatic carbocycles. The summed E-state index contributed by atoms with van der Waals surface area (Å²) in [4.78, 5) is 22.3. The minimum absolute atomic E-state index is 0.1000. The highest BCUT2D eigenvalue weighted by molar-refractivity contribution is 5.86. The van der Waals surface area contributed by atoms with Crippen molar-refractivity contribution in [2.24, 2.45) is 0 Å². The second kappa shape index (κ2) is 6.40. The molecule has 1 unspecified atom stereocenters. The molecule has 2 atom stereocenters. The third-order valence-electron chi connectivity index (χ3n) is 2.10. The van der Waals surface area contributed by atoms with Crippen molar-refractivity contribution in [3.63, 3.8) is 0 Å². The first kappa shape index (κ1) is 12.9. The molecule has 0 aromatic rings. The maximum atomic E-state index is 11.6. The Labute approximate surface area is 85.4 Å². The Hall–Kier alpha value is -1.06. The average molecular weight is 200 g/mol. The molecule has 82 valence electrons.